The van der Waals surface area contributed by atoms with Crippen LogP contribution in [-0.4, -0.2) is 35.4 Å². The van der Waals surface area contributed by atoms with Crippen LogP contribution in [0.1, 0.15) is 28.8 Å². The summed E-state index contributed by atoms with van der Waals surface area (Å²) in [5.74, 6) is 0.545. The van der Waals surface area contributed by atoms with Crippen molar-refractivity contribution in [2.75, 3.05) is 20.2 Å². The first-order valence-corrected chi connectivity index (χ1v) is 7.69. The van der Waals surface area contributed by atoms with E-state index in [4.69, 9.17) is 12.2 Å². The second-order valence-corrected chi connectivity index (χ2v) is 6.05. The fraction of sp³-hybridized carbons (Fsp3) is 0.429. The minimum Gasteiger partial charge on any atom is -0.465 e. The van der Waals surface area contributed by atoms with E-state index < -0.39 is 0 Å². The third kappa shape index (κ3) is 3.94. The van der Waals surface area contributed by atoms with Gasteiger partial charge in [0.2, 0.25) is 0 Å². The van der Waals surface area contributed by atoms with Gasteiger partial charge in [0.25, 0.3) is 0 Å². The molecule has 1 heterocycles. The Balaban J connectivity index is 1.85. The molecular formula is C14H17NO2S2. The van der Waals surface area contributed by atoms with E-state index in [0.29, 0.717) is 5.56 Å². The zero-order chi connectivity index (χ0) is 13.7. The Kier molecular flexibility index (Phi) is 5.22. The van der Waals surface area contributed by atoms with Gasteiger partial charge in [0.15, 0.2) is 0 Å². The SMILES string of the molecule is COC(=O)c1ccc(CSC(=S)N2CCCC2)cc1. The first kappa shape index (κ1) is 14.3. The van der Waals surface area contributed by atoms with E-state index in [1.807, 2.05) is 12.1 Å². The van der Waals surface area contributed by atoms with Gasteiger partial charge >= 0.3 is 5.97 Å². The van der Waals surface area contributed by atoms with E-state index in [1.54, 1.807) is 23.9 Å². The summed E-state index contributed by atoms with van der Waals surface area (Å²) in [6.07, 6.45) is 2.49. The van der Waals surface area contributed by atoms with E-state index in [9.17, 15) is 4.79 Å². The van der Waals surface area contributed by atoms with E-state index in [0.717, 1.165) is 23.2 Å². The molecule has 1 aliphatic heterocycles. The van der Waals surface area contributed by atoms with Crippen molar-refractivity contribution in [3.05, 3.63) is 35.4 Å². The summed E-state index contributed by atoms with van der Waals surface area (Å²) in [5.41, 5.74) is 1.75. The molecule has 19 heavy (non-hydrogen) atoms. The summed E-state index contributed by atoms with van der Waals surface area (Å²) in [7, 11) is 1.39. The summed E-state index contributed by atoms with van der Waals surface area (Å²) in [6.45, 7) is 2.18. The lowest BCUT2D eigenvalue weighted by atomic mass is 10.1. The highest BCUT2D eigenvalue weighted by atomic mass is 32.2. The molecule has 1 fully saturated rings. The summed E-state index contributed by atoms with van der Waals surface area (Å²) >= 11 is 7.10. The highest BCUT2D eigenvalue weighted by molar-refractivity contribution is 8.22. The lowest BCUT2D eigenvalue weighted by Crippen LogP contribution is -2.23. The predicted molar refractivity (Wildman–Crippen MR) is 82.5 cm³/mol. The van der Waals surface area contributed by atoms with Crippen molar-refractivity contribution in [1.29, 1.82) is 0 Å². The Morgan fingerprint density at radius 2 is 1.95 bits per heavy atom. The largest absolute Gasteiger partial charge is 0.465 e. The van der Waals surface area contributed by atoms with Gasteiger partial charge in [-0.2, -0.15) is 0 Å². The van der Waals surface area contributed by atoms with Gasteiger partial charge < -0.3 is 9.64 Å². The average molecular weight is 295 g/mol. The highest BCUT2D eigenvalue weighted by Crippen LogP contribution is 2.20. The van der Waals surface area contributed by atoms with Crippen LogP contribution in [0, 0.1) is 0 Å². The molecule has 3 nitrogen and oxygen atoms in total. The van der Waals surface area contributed by atoms with Gasteiger partial charge in [-0.1, -0.05) is 36.1 Å². The van der Waals surface area contributed by atoms with Gasteiger partial charge in [-0.05, 0) is 30.5 Å². The molecule has 102 valence electrons. The molecular weight excluding hydrogens is 278 g/mol. The van der Waals surface area contributed by atoms with E-state index in [2.05, 4.69) is 9.64 Å². The number of hydrogen-bond acceptors (Lipinski definition) is 4. The third-order valence-corrected chi connectivity index (χ3v) is 4.70. The monoisotopic (exact) mass is 295 g/mol. The minimum absolute atomic E-state index is 0.299. The molecule has 0 radical (unpaired) electrons. The quantitative estimate of drug-likeness (QED) is 0.631. The molecule has 0 atom stereocenters. The normalized spacial score (nSPS) is 14.5. The standard InChI is InChI=1S/C14H17NO2S2/c1-17-13(16)12-6-4-11(5-7-12)10-19-14(18)15-8-2-3-9-15/h4-7H,2-3,8-10H2,1H3. The summed E-state index contributed by atoms with van der Waals surface area (Å²) < 4.78 is 5.65. The van der Waals surface area contributed by atoms with Gasteiger partial charge in [-0.25, -0.2) is 4.79 Å². The van der Waals surface area contributed by atoms with Gasteiger partial charge in [-0.3, -0.25) is 0 Å². The first-order valence-electron chi connectivity index (χ1n) is 6.29. The number of benzene rings is 1. The molecule has 0 N–H and O–H groups in total. The number of ether oxygens (including phenoxy) is 1. The van der Waals surface area contributed by atoms with Crippen LogP contribution in [0.2, 0.25) is 0 Å². The zero-order valence-electron chi connectivity index (χ0n) is 10.9. The van der Waals surface area contributed by atoms with Crippen LogP contribution in [0.3, 0.4) is 0 Å². The number of nitrogens with zero attached hydrogens (tertiary/aromatic N) is 1. The molecule has 0 unspecified atom stereocenters. The smallest absolute Gasteiger partial charge is 0.337 e. The molecule has 0 amide bonds. The van der Waals surface area contributed by atoms with Crippen LogP contribution in [-0.2, 0) is 10.5 Å². The fourth-order valence-electron chi connectivity index (χ4n) is 1.99. The maximum Gasteiger partial charge on any atom is 0.337 e. The van der Waals surface area contributed by atoms with Crippen molar-refractivity contribution in [2.45, 2.75) is 18.6 Å². The minimum atomic E-state index is -0.299. The number of methoxy groups -OCH3 is 1. The lowest BCUT2D eigenvalue weighted by molar-refractivity contribution is 0.0600. The molecule has 1 saturated heterocycles. The number of carbonyl (C=O) groups is 1. The van der Waals surface area contributed by atoms with Crippen LogP contribution < -0.4 is 0 Å². The number of rotatable bonds is 3. The molecule has 1 aromatic rings. The maximum atomic E-state index is 11.3. The number of thioether (sulfide) groups is 1. The molecule has 0 saturated carbocycles. The van der Waals surface area contributed by atoms with Crippen molar-refractivity contribution >= 4 is 34.3 Å². The summed E-state index contributed by atoms with van der Waals surface area (Å²) in [4.78, 5) is 13.6. The number of esters is 1. The van der Waals surface area contributed by atoms with Crippen LogP contribution in [0.15, 0.2) is 24.3 Å². The van der Waals surface area contributed by atoms with Gasteiger partial charge in [0, 0.05) is 18.8 Å². The molecule has 1 aliphatic rings. The second-order valence-electron chi connectivity index (χ2n) is 4.44. The fourth-order valence-corrected chi connectivity index (χ4v) is 3.20. The van der Waals surface area contributed by atoms with Crippen molar-refractivity contribution in [3.63, 3.8) is 0 Å². The Hall–Kier alpha value is -1.07. The molecule has 0 bridgehead atoms. The lowest BCUT2D eigenvalue weighted by Gasteiger charge is -2.17. The van der Waals surface area contributed by atoms with Gasteiger partial charge in [0.1, 0.15) is 4.32 Å². The second kappa shape index (κ2) is 6.91. The van der Waals surface area contributed by atoms with Crippen molar-refractivity contribution in [2.24, 2.45) is 0 Å². The molecule has 0 aromatic heterocycles. The number of likely N-dealkylation sites (tertiary alicyclic amines) is 1. The van der Waals surface area contributed by atoms with E-state index in [-0.39, 0.29) is 5.97 Å². The average Bonchev–Trinajstić information content (AvgIpc) is 2.98. The number of thiocarbonyl (C=S) groups is 1. The van der Waals surface area contributed by atoms with Gasteiger partial charge in [-0.15, -0.1) is 0 Å². The first-order chi connectivity index (χ1) is 9.20. The maximum absolute atomic E-state index is 11.3. The van der Waals surface area contributed by atoms with E-state index >= 15 is 0 Å². The molecule has 5 heteroatoms. The van der Waals surface area contributed by atoms with Crippen LogP contribution in [0.5, 0.6) is 0 Å². The van der Waals surface area contributed by atoms with Crippen molar-refractivity contribution < 1.29 is 9.53 Å². The molecule has 1 aromatic carbocycles. The Morgan fingerprint density at radius 3 is 2.53 bits per heavy atom. The Labute approximate surface area is 123 Å². The molecule has 2 rings (SSSR count). The van der Waals surface area contributed by atoms with Crippen LogP contribution in [0.4, 0.5) is 0 Å². The Bertz CT molecular complexity index is 453. The zero-order valence-corrected chi connectivity index (χ0v) is 12.6. The van der Waals surface area contributed by atoms with Gasteiger partial charge in [0.05, 0.1) is 12.7 Å². The highest BCUT2D eigenvalue weighted by Gasteiger charge is 2.15. The number of carbonyl (C=O) groups excluding carboxylic acids is 1. The topological polar surface area (TPSA) is 29.5 Å². The molecule has 0 spiro atoms. The van der Waals surface area contributed by atoms with Crippen LogP contribution in [0.25, 0.3) is 0 Å². The summed E-state index contributed by atoms with van der Waals surface area (Å²) in [5, 5.41) is 0. The van der Waals surface area contributed by atoms with E-state index in [1.165, 1.54) is 25.5 Å². The van der Waals surface area contributed by atoms with Crippen LogP contribution >= 0.6 is 24.0 Å². The predicted octanol–water partition coefficient (Wildman–Crippen LogP) is 3.09. The summed E-state index contributed by atoms with van der Waals surface area (Å²) in [6, 6.07) is 7.49. The van der Waals surface area contributed by atoms with Crippen molar-refractivity contribution in [3.8, 4) is 0 Å². The molecule has 0 aliphatic carbocycles. The number of hydrogen-bond donors (Lipinski definition) is 0. The Morgan fingerprint density at radius 1 is 1.32 bits per heavy atom. The van der Waals surface area contributed by atoms with Crippen molar-refractivity contribution in [1.82, 2.24) is 4.90 Å². The third-order valence-electron chi connectivity index (χ3n) is 3.10.